The smallest absolute Gasteiger partial charge is 0.330 e. The number of aryl methyl sites for hydroxylation is 1. The molecule has 0 saturated carbocycles. The van der Waals surface area contributed by atoms with Crippen LogP contribution in [0.4, 0.5) is 0 Å². The largest absolute Gasteiger partial charge is 0.778 e. The van der Waals surface area contributed by atoms with Crippen molar-refractivity contribution >= 4 is 31.1 Å². The molecule has 1 N–H and O–H groups in total. The first-order chi connectivity index (χ1) is 23.8. The minimum absolute atomic E-state index is 0.0908. The van der Waals surface area contributed by atoms with Crippen LogP contribution in [-0.4, -0.2) is 40.8 Å². The molecule has 3 aromatic rings. The Morgan fingerprint density at radius 2 is 1.45 bits per heavy atom. The highest BCUT2D eigenvalue weighted by atomic mass is 31.3. The van der Waals surface area contributed by atoms with Crippen LogP contribution in [0.1, 0.15) is 41.8 Å². The van der Waals surface area contributed by atoms with E-state index in [-0.39, 0.29) is 11.1 Å². The topological polar surface area (TPSA) is 280 Å². The monoisotopic (exact) mass is 788 g/mol. The number of phosphoric acid groups is 3. The van der Waals surface area contributed by atoms with Gasteiger partial charge in [-0.1, -0.05) is 66.8 Å². The van der Waals surface area contributed by atoms with Crippen LogP contribution in [0.3, 0.4) is 0 Å². The second-order valence-electron chi connectivity index (χ2n) is 11.1. The van der Waals surface area contributed by atoms with E-state index < -0.39 is 85.9 Å². The maximum atomic E-state index is 12.9. The summed E-state index contributed by atoms with van der Waals surface area (Å²) in [6.07, 6.45) is -5.30. The highest BCUT2D eigenvalue weighted by molar-refractivity contribution is 7.69. The van der Waals surface area contributed by atoms with Gasteiger partial charge in [0, 0.05) is 17.9 Å². The number of rotatable bonds is 13. The Bertz CT molecular complexity index is 2110. The van der Waals surface area contributed by atoms with E-state index in [9.17, 15) is 47.4 Å². The molecule has 2 aliphatic rings. The molecule has 0 bridgehead atoms. The summed E-state index contributed by atoms with van der Waals surface area (Å²) in [6.45, 7) is 2.57. The zero-order valence-corrected chi connectivity index (χ0v) is 30.0. The van der Waals surface area contributed by atoms with E-state index in [2.05, 4.69) is 34.3 Å². The number of hydrogen-bond acceptors (Lipinski definition) is 17. The Kier molecular flexibility index (Phi) is 12.1. The van der Waals surface area contributed by atoms with Crippen LogP contribution in [0.15, 0.2) is 70.4 Å². The minimum Gasteiger partial charge on any atom is -0.778 e. The van der Waals surface area contributed by atoms with Crippen molar-refractivity contribution in [2.24, 2.45) is 0 Å². The van der Waals surface area contributed by atoms with Gasteiger partial charge in [0.15, 0.2) is 12.5 Å². The predicted octanol–water partition coefficient (Wildman–Crippen LogP) is 0.888. The van der Waals surface area contributed by atoms with Crippen molar-refractivity contribution < 1.29 is 69.5 Å². The fraction of sp³-hybridized carbons (Fsp3) is 0.357. The Morgan fingerprint density at radius 1 is 0.824 bits per heavy atom. The highest BCUT2D eigenvalue weighted by Crippen LogP contribution is 2.67. The number of aromatic nitrogens is 2. The van der Waals surface area contributed by atoms with Gasteiger partial charge in [0.25, 0.3) is 29.0 Å². The molecule has 0 spiro atoms. The number of nitrogens with one attached hydrogen (secondary N) is 1. The lowest BCUT2D eigenvalue weighted by Crippen LogP contribution is -2.38. The molecule has 1 aromatic heterocycles. The zero-order chi connectivity index (χ0) is 37.2. The molecule has 2 aliphatic heterocycles. The SMILES string of the molecule is CCC1OC2[C@@H](O1)[C@@H](COP(=O)([O-])OP(=O)([O-])OP(=O)([O-])OP(=O)([O-])Cc1ccccc1)O[C@H]2n1cc(C#Cc2ccc(C)cc2)c(=O)[nH]c1=O. The van der Waals surface area contributed by atoms with Crippen molar-refractivity contribution in [2.75, 3.05) is 6.61 Å². The average Bonchev–Trinajstić information content (AvgIpc) is 3.58. The molecule has 2 saturated heterocycles. The van der Waals surface area contributed by atoms with Gasteiger partial charge in [0.05, 0.1) is 6.61 Å². The van der Waals surface area contributed by atoms with E-state index >= 15 is 0 Å². The molecule has 23 heteroatoms. The Morgan fingerprint density at radius 3 is 2.12 bits per heavy atom. The number of ether oxygens (including phenoxy) is 3. The maximum absolute atomic E-state index is 12.9. The molecule has 2 aromatic carbocycles. The lowest BCUT2D eigenvalue weighted by molar-refractivity contribution is -0.252. The summed E-state index contributed by atoms with van der Waals surface area (Å²) in [5, 5.41) is 0. The van der Waals surface area contributed by atoms with Crippen molar-refractivity contribution in [3.05, 3.63) is 104 Å². The standard InChI is InChI=1S/C28H32N2O17P4/c1-3-23-43-24-22(16-41-49(35,36)46-51(39,40)47-50(37,38)45-48(33,34)17-20-7-5-4-6-8-20)42-27(25(24)44-23)30-15-21(26(31)29-28(30)32)14-13-19-11-9-18(2)10-12-19/h4-12,15,22-25,27H,3,16-17H2,1-2H3,(H,33,34)(H,35,36)(H,37,38)(H,39,40)(H,29,31,32)/p-4/t22-,23?,24+,25?,27-/m1/s1. The number of benzene rings is 2. The van der Waals surface area contributed by atoms with Crippen molar-refractivity contribution in [3.63, 3.8) is 0 Å². The van der Waals surface area contributed by atoms with Gasteiger partial charge in [0.1, 0.15) is 31.5 Å². The molecular weight excluding hydrogens is 760 g/mol. The van der Waals surface area contributed by atoms with Crippen molar-refractivity contribution in [3.8, 4) is 11.8 Å². The van der Waals surface area contributed by atoms with Crippen LogP contribution in [0.5, 0.6) is 0 Å². The van der Waals surface area contributed by atoms with Crippen LogP contribution in [0.2, 0.25) is 0 Å². The fourth-order valence-corrected chi connectivity index (χ4v) is 10.3. The molecular formula is C28H28N2O17P4-4. The number of aromatic amines is 1. The number of fused-ring (bicyclic) bond motifs is 1. The second-order valence-corrected chi connectivity index (χ2v) is 17.5. The van der Waals surface area contributed by atoms with Crippen LogP contribution in [-0.2, 0) is 56.1 Å². The van der Waals surface area contributed by atoms with Crippen LogP contribution in [0, 0.1) is 18.8 Å². The lowest BCUT2D eigenvalue weighted by Gasteiger charge is -2.36. The molecule has 2 fully saturated rings. The van der Waals surface area contributed by atoms with Gasteiger partial charge in [-0.25, -0.2) is 13.4 Å². The van der Waals surface area contributed by atoms with Crippen molar-refractivity contribution in [1.82, 2.24) is 9.55 Å². The fourth-order valence-electron chi connectivity index (χ4n) is 4.94. The van der Waals surface area contributed by atoms with Crippen molar-refractivity contribution in [1.29, 1.82) is 0 Å². The molecule has 19 nitrogen and oxygen atoms in total. The molecule has 51 heavy (non-hydrogen) atoms. The van der Waals surface area contributed by atoms with Gasteiger partial charge >= 0.3 is 5.69 Å². The zero-order valence-electron chi connectivity index (χ0n) is 26.5. The molecule has 0 aliphatic carbocycles. The summed E-state index contributed by atoms with van der Waals surface area (Å²) in [4.78, 5) is 76.4. The van der Waals surface area contributed by atoms with Gasteiger partial charge in [-0.05, 0) is 31.0 Å². The van der Waals surface area contributed by atoms with E-state index in [1.807, 2.05) is 19.1 Å². The molecule has 5 rings (SSSR count). The second kappa shape index (κ2) is 15.6. The van der Waals surface area contributed by atoms with Gasteiger partial charge in [-0.15, -0.1) is 0 Å². The van der Waals surface area contributed by atoms with E-state index in [1.165, 1.54) is 24.3 Å². The summed E-state index contributed by atoms with van der Waals surface area (Å²) >= 11 is 0. The van der Waals surface area contributed by atoms with Crippen LogP contribution >= 0.6 is 31.1 Å². The molecule has 9 atom stereocenters. The van der Waals surface area contributed by atoms with E-state index in [0.717, 1.165) is 16.3 Å². The van der Waals surface area contributed by atoms with Crippen LogP contribution < -0.4 is 30.8 Å². The Labute approximate surface area is 289 Å². The predicted molar refractivity (Wildman–Crippen MR) is 166 cm³/mol. The molecule has 6 unspecified atom stereocenters. The third-order valence-corrected chi connectivity index (χ3v) is 13.3. The summed E-state index contributed by atoms with van der Waals surface area (Å²) in [5.41, 5.74) is -0.194. The van der Waals surface area contributed by atoms with Gasteiger partial charge in [0.2, 0.25) is 0 Å². The average molecular weight is 788 g/mol. The number of nitrogens with zero attached hydrogens (tertiary/aromatic N) is 1. The first kappa shape index (κ1) is 39.4. The minimum atomic E-state index is -6.41. The number of phosphoric ester groups is 1. The summed E-state index contributed by atoms with van der Waals surface area (Å²) < 4.78 is 83.2. The van der Waals surface area contributed by atoms with Crippen molar-refractivity contribution in [2.45, 2.75) is 57.3 Å². The molecule has 0 amide bonds. The van der Waals surface area contributed by atoms with E-state index in [1.54, 1.807) is 25.1 Å². The maximum Gasteiger partial charge on any atom is 0.330 e. The molecule has 0 radical (unpaired) electrons. The third-order valence-electron chi connectivity index (χ3n) is 7.11. The van der Waals surface area contributed by atoms with Gasteiger partial charge in [-0.3, -0.25) is 32.4 Å². The number of hydrogen-bond donors (Lipinski definition) is 1. The summed E-state index contributed by atoms with van der Waals surface area (Å²) in [7, 11) is -24.0. The van der Waals surface area contributed by atoms with E-state index in [4.69, 9.17) is 14.2 Å². The number of H-pyrrole nitrogens is 1. The summed E-state index contributed by atoms with van der Waals surface area (Å²) in [5.74, 6) is 5.50. The Hall–Kier alpha value is -2.84. The quantitative estimate of drug-likeness (QED) is 0.186. The first-order valence-corrected chi connectivity index (χ1v) is 20.9. The third kappa shape index (κ3) is 10.6. The highest BCUT2D eigenvalue weighted by Gasteiger charge is 2.53. The lowest BCUT2D eigenvalue weighted by atomic mass is 10.1. The van der Waals surface area contributed by atoms with Crippen LogP contribution in [0.25, 0.3) is 0 Å². The molecule has 276 valence electrons. The van der Waals surface area contributed by atoms with Gasteiger partial charge in [-0.2, -0.15) is 0 Å². The first-order valence-electron chi connectivity index (χ1n) is 14.8. The van der Waals surface area contributed by atoms with E-state index in [0.29, 0.717) is 12.0 Å². The summed E-state index contributed by atoms with van der Waals surface area (Å²) in [6, 6.07) is 14.2. The Balaban J connectivity index is 1.27. The molecule has 3 heterocycles. The van der Waals surface area contributed by atoms with Gasteiger partial charge < -0.3 is 42.9 Å². The normalized spacial score (nSPS) is 26.1.